The first-order chi connectivity index (χ1) is 17.0. The quantitative estimate of drug-likeness (QED) is 0.383. The van der Waals surface area contributed by atoms with E-state index >= 15 is 0 Å². The number of thiocarbonyl (C=S) groups is 1. The predicted octanol–water partition coefficient (Wildman–Crippen LogP) is 4.02. The lowest BCUT2D eigenvalue weighted by atomic mass is 10.2. The van der Waals surface area contributed by atoms with Crippen molar-refractivity contribution in [3.63, 3.8) is 0 Å². The van der Waals surface area contributed by atoms with E-state index in [1.54, 1.807) is 23.2 Å². The fourth-order valence-electron chi connectivity index (χ4n) is 4.45. The van der Waals surface area contributed by atoms with Crippen LogP contribution in [0.3, 0.4) is 0 Å². The molecule has 2 aliphatic heterocycles. The summed E-state index contributed by atoms with van der Waals surface area (Å²) < 4.78 is 2.06. The molecule has 0 unspecified atom stereocenters. The normalized spacial score (nSPS) is 18.7. The van der Waals surface area contributed by atoms with Crippen molar-refractivity contribution < 1.29 is 4.79 Å². The van der Waals surface area contributed by atoms with Crippen molar-refractivity contribution in [1.82, 2.24) is 14.3 Å². The van der Waals surface area contributed by atoms with Crippen LogP contribution in [0.2, 0.25) is 0 Å². The molecule has 2 saturated heterocycles. The molecule has 1 amide bonds. The van der Waals surface area contributed by atoms with Gasteiger partial charge in [0.2, 0.25) is 0 Å². The van der Waals surface area contributed by atoms with Crippen LogP contribution in [0.25, 0.3) is 11.7 Å². The number of carbonyl (C=O) groups is 1. The highest BCUT2D eigenvalue weighted by atomic mass is 32.2. The van der Waals surface area contributed by atoms with Crippen molar-refractivity contribution in [3.05, 3.63) is 75.6 Å². The predicted molar refractivity (Wildman–Crippen MR) is 147 cm³/mol. The van der Waals surface area contributed by atoms with E-state index in [1.807, 2.05) is 44.2 Å². The molecular weight excluding hydrogens is 478 g/mol. The highest BCUT2D eigenvalue weighted by molar-refractivity contribution is 8.26. The summed E-state index contributed by atoms with van der Waals surface area (Å²) in [6, 6.07) is 15.8. The second kappa shape index (κ2) is 9.83. The van der Waals surface area contributed by atoms with Crippen molar-refractivity contribution in [3.8, 4) is 0 Å². The highest BCUT2D eigenvalue weighted by Crippen LogP contribution is 2.35. The maximum atomic E-state index is 13.6. The van der Waals surface area contributed by atoms with Crippen molar-refractivity contribution in [2.75, 3.05) is 36.0 Å². The first-order valence-corrected chi connectivity index (χ1v) is 13.0. The number of piperazine rings is 1. The Morgan fingerprint density at radius 1 is 1.03 bits per heavy atom. The average molecular weight is 506 g/mol. The van der Waals surface area contributed by atoms with Crippen molar-refractivity contribution >= 4 is 57.4 Å². The number of hydrogen-bond donors (Lipinski definition) is 0. The van der Waals surface area contributed by atoms with E-state index in [0.717, 1.165) is 32.6 Å². The lowest BCUT2D eigenvalue weighted by Gasteiger charge is -2.37. The average Bonchev–Trinajstić information content (AvgIpc) is 3.18. The molecule has 0 aliphatic carbocycles. The van der Waals surface area contributed by atoms with Gasteiger partial charge in [0.1, 0.15) is 15.8 Å². The molecule has 2 aromatic heterocycles. The Kier molecular flexibility index (Phi) is 6.62. The molecule has 5 rings (SSSR count). The van der Waals surface area contributed by atoms with Gasteiger partial charge >= 0.3 is 0 Å². The highest BCUT2D eigenvalue weighted by Gasteiger charge is 2.35. The van der Waals surface area contributed by atoms with E-state index in [2.05, 4.69) is 21.9 Å². The molecule has 4 heterocycles. The van der Waals surface area contributed by atoms with Crippen LogP contribution in [0.15, 0.2) is 64.4 Å². The number of aromatic nitrogens is 2. The number of fused-ring (bicyclic) bond motifs is 1. The van der Waals surface area contributed by atoms with Gasteiger partial charge in [0.15, 0.2) is 0 Å². The van der Waals surface area contributed by atoms with Crippen molar-refractivity contribution in [1.29, 1.82) is 0 Å². The van der Waals surface area contributed by atoms with Crippen LogP contribution >= 0.6 is 24.0 Å². The number of rotatable bonds is 5. The van der Waals surface area contributed by atoms with Gasteiger partial charge in [-0.1, -0.05) is 55.2 Å². The van der Waals surface area contributed by atoms with E-state index < -0.39 is 0 Å². The van der Waals surface area contributed by atoms with Crippen LogP contribution in [0.4, 0.5) is 11.5 Å². The molecule has 0 bridgehead atoms. The molecule has 0 spiro atoms. The third kappa shape index (κ3) is 4.46. The smallest absolute Gasteiger partial charge is 0.267 e. The van der Waals surface area contributed by atoms with Gasteiger partial charge in [0.05, 0.1) is 10.5 Å². The zero-order valence-electron chi connectivity index (χ0n) is 19.8. The molecule has 0 N–H and O–H groups in total. The standard InChI is InChI=1S/C26H27N5O2S2/c1-3-18(2)31-25(33)21(35-26(31)34)17-20-23(27-22-11-7-8-12-30(22)24(20)32)29-15-13-28(14-16-29)19-9-5-4-6-10-19/h4-12,17-18H,3,13-16H2,1-2H3/b21-17-/t18-/m1/s1. The summed E-state index contributed by atoms with van der Waals surface area (Å²) >= 11 is 6.75. The topological polar surface area (TPSA) is 61.2 Å². The Labute approximate surface area is 214 Å². The van der Waals surface area contributed by atoms with Crippen LogP contribution in [0.1, 0.15) is 25.8 Å². The number of anilines is 2. The minimum atomic E-state index is -0.190. The minimum Gasteiger partial charge on any atom is -0.368 e. The SMILES string of the molecule is CC[C@@H](C)N1C(=O)/C(=C/c2c(N3CCN(c4ccccc4)CC3)nc3ccccn3c2=O)SC1=S. The van der Waals surface area contributed by atoms with Gasteiger partial charge in [-0.25, -0.2) is 4.98 Å². The number of carbonyl (C=O) groups excluding carboxylic acids is 1. The number of thioether (sulfide) groups is 1. The Balaban J connectivity index is 1.53. The molecule has 1 aromatic carbocycles. The lowest BCUT2D eigenvalue weighted by Crippen LogP contribution is -2.47. The van der Waals surface area contributed by atoms with Crippen molar-refractivity contribution in [2.24, 2.45) is 0 Å². The number of amides is 1. The Morgan fingerprint density at radius 3 is 2.43 bits per heavy atom. The summed E-state index contributed by atoms with van der Waals surface area (Å²) in [4.78, 5) is 38.3. The number of nitrogens with zero attached hydrogens (tertiary/aromatic N) is 5. The Hall–Kier alpha value is -3.17. The first-order valence-electron chi connectivity index (χ1n) is 11.8. The fraction of sp³-hybridized carbons (Fsp3) is 0.308. The summed E-state index contributed by atoms with van der Waals surface area (Å²) in [5, 5.41) is 0. The molecule has 7 nitrogen and oxygen atoms in total. The van der Waals surface area contributed by atoms with Gasteiger partial charge < -0.3 is 9.80 Å². The summed E-state index contributed by atoms with van der Waals surface area (Å²) in [5.41, 5.74) is 2.01. The second-order valence-electron chi connectivity index (χ2n) is 8.70. The van der Waals surface area contributed by atoms with E-state index in [9.17, 15) is 9.59 Å². The van der Waals surface area contributed by atoms with E-state index in [-0.39, 0.29) is 17.5 Å². The zero-order chi connectivity index (χ0) is 24.5. The zero-order valence-corrected chi connectivity index (χ0v) is 21.4. The first kappa shape index (κ1) is 23.6. The summed E-state index contributed by atoms with van der Waals surface area (Å²) in [5.74, 6) is 0.467. The minimum absolute atomic E-state index is 0.00904. The monoisotopic (exact) mass is 505 g/mol. The van der Waals surface area contributed by atoms with Crippen LogP contribution in [0.5, 0.6) is 0 Å². The Bertz CT molecular complexity index is 1360. The summed E-state index contributed by atoms with van der Waals surface area (Å²) in [7, 11) is 0. The second-order valence-corrected chi connectivity index (χ2v) is 10.4. The number of para-hydroxylation sites is 1. The summed E-state index contributed by atoms with van der Waals surface area (Å²) in [6.45, 7) is 7.08. The van der Waals surface area contributed by atoms with Gasteiger partial charge in [-0.3, -0.25) is 18.9 Å². The van der Waals surface area contributed by atoms with Crippen LogP contribution in [-0.2, 0) is 4.79 Å². The molecule has 9 heteroatoms. The molecule has 1 atom stereocenters. The molecule has 0 radical (unpaired) electrons. The summed E-state index contributed by atoms with van der Waals surface area (Å²) in [6.07, 6.45) is 4.20. The molecule has 3 aromatic rings. The number of pyridine rings is 1. The van der Waals surface area contributed by atoms with Gasteiger partial charge in [-0.15, -0.1) is 0 Å². The Morgan fingerprint density at radius 2 is 1.71 bits per heavy atom. The van der Waals surface area contributed by atoms with Crippen molar-refractivity contribution in [2.45, 2.75) is 26.3 Å². The fourth-order valence-corrected chi connectivity index (χ4v) is 5.89. The molecule has 35 heavy (non-hydrogen) atoms. The van der Waals surface area contributed by atoms with E-state index in [4.69, 9.17) is 17.2 Å². The van der Waals surface area contributed by atoms with Crippen LogP contribution < -0.4 is 15.4 Å². The molecule has 2 fully saturated rings. The molecular formula is C26H27N5O2S2. The lowest BCUT2D eigenvalue weighted by molar-refractivity contribution is -0.123. The van der Waals surface area contributed by atoms with Gasteiger partial charge in [0.25, 0.3) is 11.5 Å². The largest absolute Gasteiger partial charge is 0.368 e. The van der Waals surface area contributed by atoms with Gasteiger partial charge in [0, 0.05) is 44.1 Å². The van der Waals surface area contributed by atoms with Crippen LogP contribution in [0, 0.1) is 0 Å². The van der Waals surface area contributed by atoms with E-state index in [1.165, 1.54) is 21.8 Å². The van der Waals surface area contributed by atoms with E-state index in [0.29, 0.717) is 26.3 Å². The molecule has 2 aliphatic rings. The van der Waals surface area contributed by atoms with Crippen LogP contribution in [-0.4, -0.2) is 56.7 Å². The molecule has 0 saturated carbocycles. The third-order valence-corrected chi connectivity index (χ3v) is 7.91. The van der Waals surface area contributed by atoms with Gasteiger partial charge in [-0.05, 0) is 43.7 Å². The molecule has 180 valence electrons. The third-order valence-electron chi connectivity index (χ3n) is 6.58. The maximum absolute atomic E-state index is 13.6. The van der Waals surface area contributed by atoms with Gasteiger partial charge in [-0.2, -0.15) is 0 Å². The number of benzene rings is 1. The number of hydrogen-bond acceptors (Lipinski definition) is 7. The maximum Gasteiger partial charge on any atom is 0.267 e.